The van der Waals surface area contributed by atoms with Gasteiger partial charge in [0.2, 0.25) is 5.88 Å². The average Bonchev–Trinajstić information content (AvgIpc) is 2.43. The highest BCUT2D eigenvalue weighted by Gasteiger charge is 2.08. The molecule has 2 aromatic rings. The van der Waals surface area contributed by atoms with Crippen molar-refractivity contribution in [3.63, 3.8) is 0 Å². The van der Waals surface area contributed by atoms with Gasteiger partial charge in [-0.3, -0.25) is 0 Å². The lowest BCUT2D eigenvalue weighted by Gasteiger charge is -2.10. The van der Waals surface area contributed by atoms with E-state index < -0.39 is 0 Å². The van der Waals surface area contributed by atoms with Gasteiger partial charge in [0, 0.05) is 17.1 Å². The standard InChI is InChI=1S/C14H13BrCl2N2O/c1-2-18-8-12-10(16)5-6-14(19-12)20-13-7-9(15)3-4-11(13)17/h3-7,18H,2,8H2,1H3. The van der Waals surface area contributed by atoms with Crippen LogP contribution in [0.4, 0.5) is 0 Å². The summed E-state index contributed by atoms with van der Waals surface area (Å²) in [5.41, 5.74) is 0.747. The SMILES string of the molecule is CCNCc1nc(Oc2cc(Br)ccc2Cl)ccc1Cl. The Balaban J connectivity index is 2.22. The second-order valence-electron chi connectivity index (χ2n) is 4.04. The van der Waals surface area contributed by atoms with Crippen LogP contribution in [-0.2, 0) is 6.54 Å². The summed E-state index contributed by atoms with van der Waals surface area (Å²) in [5.74, 6) is 1.01. The smallest absolute Gasteiger partial charge is 0.219 e. The molecule has 1 N–H and O–H groups in total. The Morgan fingerprint density at radius 1 is 1.20 bits per heavy atom. The first kappa shape index (κ1) is 15.6. The lowest BCUT2D eigenvalue weighted by Crippen LogP contribution is -2.13. The predicted molar refractivity (Wildman–Crippen MR) is 85.9 cm³/mol. The van der Waals surface area contributed by atoms with Crippen LogP contribution in [0.2, 0.25) is 10.0 Å². The minimum atomic E-state index is 0.460. The van der Waals surface area contributed by atoms with Gasteiger partial charge in [-0.1, -0.05) is 46.1 Å². The van der Waals surface area contributed by atoms with Crippen LogP contribution in [0.3, 0.4) is 0 Å². The highest BCUT2D eigenvalue weighted by Crippen LogP contribution is 2.32. The average molecular weight is 376 g/mol. The van der Waals surface area contributed by atoms with Gasteiger partial charge in [-0.2, -0.15) is 0 Å². The lowest BCUT2D eigenvalue weighted by molar-refractivity contribution is 0.459. The molecule has 1 aromatic carbocycles. The zero-order chi connectivity index (χ0) is 14.5. The van der Waals surface area contributed by atoms with Crippen LogP contribution in [0, 0.1) is 0 Å². The Morgan fingerprint density at radius 3 is 2.70 bits per heavy atom. The molecule has 0 bridgehead atoms. The van der Waals surface area contributed by atoms with Crippen LogP contribution in [-0.4, -0.2) is 11.5 Å². The number of hydrogen-bond donors (Lipinski definition) is 1. The van der Waals surface area contributed by atoms with Gasteiger partial charge in [0.1, 0.15) is 5.75 Å². The van der Waals surface area contributed by atoms with E-state index in [0.29, 0.717) is 28.2 Å². The van der Waals surface area contributed by atoms with E-state index in [1.807, 2.05) is 13.0 Å². The van der Waals surface area contributed by atoms with Gasteiger partial charge in [-0.25, -0.2) is 4.98 Å². The first-order chi connectivity index (χ1) is 9.60. The van der Waals surface area contributed by atoms with Crippen molar-refractivity contribution in [3.05, 3.63) is 50.5 Å². The van der Waals surface area contributed by atoms with Crippen molar-refractivity contribution in [2.24, 2.45) is 0 Å². The van der Waals surface area contributed by atoms with Crippen LogP contribution in [0.25, 0.3) is 0 Å². The number of aromatic nitrogens is 1. The fourth-order valence-corrected chi connectivity index (χ4v) is 2.22. The summed E-state index contributed by atoms with van der Waals surface area (Å²) in [5, 5.41) is 4.32. The summed E-state index contributed by atoms with van der Waals surface area (Å²) in [6.45, 7) is 3.47. The first-order valence-corrected chi connectivity index (χ1v) is 7.64. The molecule has 0 amide bonds. The van der Waals surface area contributed by atoms with Crippen LogP contribution in [0.1, 0.15) is 12.6 Å². The fourth-order valence-electron chi connectivity index (χ4n) is 1.56. The molecule has 6 heteroatoms. The molecule has 0 saturated heterocycles. The number of ether oxygens (including phenoxy) is 1. The monoisotopic (exact) mass is 374 g/mol. The van der Waals surface area contributed by atoms with E-state index in [-0.39, 0.29) is 0 Å². The minimum absolute atomic E-state index is 0.460. The molecule has 1 heterocycles. The van der Waals surface area contributed by atoms with Crippen LogP contribution in [0.5, 0.6) is 11.6 Å². The Morgan fingerprint density at radius 2 is 1.95 bits per heavy atom. The lowest BCUT2D eigenvalue weighted by atomic mass is 10.3. The zero-order valence-electron chi connectivity index (χ0n) is 10.8. The molecule has 2 rings (SSSR count). The van der Waals surface area contributed by atoms with Crippen molar-refractivity contribution in [1.82, 2.24) is 10.3 Å². The van der Waals surface area contributed by atoms with Crippen molar-refractivity contribution >= 4 is 39.1 Å². The van der Waals surface area contributed by atoms with Gasteiger partial charge in [0.05, 0.1) is 15.7 Å². The molecule has 3 nitrogen and oxygen atoms in total. The number of benzene rings is 1. The zero-order valence-corrected chi connectivity index (χ0v) is 13.9. The highest BCUT2D eigenvalue weighted by atomic mass is 79.9. The van der Waals surface area contributed by atoms with E-state index in [1.54, 1.807) is 24.3 Å². The molecule has 0 aliphatic rings. The Labute approximate surface area is 136 Å². The second kappa shape index (κ2) is 7.27. The molecule has 0 aliphatic carbocycles. The largest absolute Gasteiger partial charge is 0.437 e. The van der Waals surface area contributed by atoms with E-state index in [0.717, 1.165) is 16.7 Å². The molecule has 0 radical (unpaired) electrons. The fraction of sp³-hybridized carbons (Fsp3) is 0.214. The minimum Gasteiger partial charge on any atom is -0.437 e. The maximum atomic E-state index is 6.10. The van der Waals surface area contributed by atoms with Crippen molar-refractivity contribution in [2.75, 3.05) is 6.54 Å². The van der Waals surface area contributed by atoms with Gasteiger partial charge < -0.3 is 10.1 Å². The number of halogens is 3. The maximum Gasteiger partial charge on any atom is 0.219 e. The Bertz CT molecular complexity index is 608. The molecule has 0 unspecified atom stereocenters. The summed E-state index contributed by atoms with van der Waals surface area (Å²) in [6, 6.07) is 8.89. The van der Waals surface area contributed by atoms with Crippen LogP contribution >= 0.6 is 39.1 Å². The quantitative estimate of drug-likeness (QED) is 0.793. The summed E-state index contributed by atoms with van der Waals surface area (Å²) >= 11 is 15.6. The normalized spacial score (nSPS) is 10.6. The molecule has 0 saturated carbocycles. The number of rotatable bonds is 5. The maximum absolute atomic E-state index is 6.10. The third kappa shape index (κ3) is 4.09. The molecular formula is C14H13BrCl2N2O. The van der Waals surface area contributed by atoms with Gasteiger partial charge in [-0.15, -0.1) is 0 Å². The molecule has 20 heavy (non-hydrogen) atoms. The van der Waals surface area contributed by atoms with Gasteiger partial charge >= 0.3 is 0 Å². The van der Waals surface area contributed by atoms with Gasteiger partial charge in [-0.05, 0) is 30.8 Å². The van der Waals surface area contributed by atoms with Gasteiger partial charge in [0.25, 0.3) is 0 Å². The third-order valence-corrected chi connectivity index (χ3v) is 3.69. The van der Waals surface area contributed by atoms with E-state index in [1.165, 1.54) is 0 Å². The third-order valence-electron chi connectivity index (χ3n) is 2.54. The predicted octanol–water partition coefficient (Wildman–Crippen LogP) is 5.05. The summed E-state index contributed by atoms with van der Waals surface area (Å²) in [7, 11) is 0. The number of nitrogens with zero attached hydrogens (tertiary/aromatic N) is 1. The molecule has 0 fully saturated rings. The van der Waals surface area contributed by atoms with Crippen molar-refractivity contribution < 1.29 is 4.74 Å². The van der Waals surface area contributed by atoms with Crippen molar-refractivity contribution in [1.29, 1.82) is 0 Å². The number of nitrogens with one attached hydrogen (secondary N) is 1. The van der Waals surface area contributed by atoms with Crippen molar-refractivity contribution in [2.45, 2.75) is 13.5 Å². The molecule has 1 aromatic heterocycles. The molecule has 0 spiro atoms. The van der Waals surface area contributed by atoms with E-state index in [2.05, 4.69) is 26.2 Å². The van der Waals surface area contributed by atoms with E-state index >= 15 is 0 Å². The van der Waals surface area contributed by atoms with E-state index in [4.69, 9.17) is 27.9 Å². The van der Waals surface area contributed by atoms with Crippen molar-refractivity contribution in [3.8, 4) is 11.6 Å². The molecular weight excluding hydrogens is 363 g/mol. The second-order valence-corrected chi connectivity index (χ2v) is 5.77. The number of pyridine rings is 1. The van der Waals surface area contributed by atoms with Crippen LogP contribution < -0.4 is 10.1 Å². The summed E-state index contributed by atoms with van der Waals surface area (Å²) < 4.78 is 6.59. The molecule has 0 atom stereocenters. The van der Waals surface area contributed by atoms with E-state index in [9.17, 15) is 0 Å². The van der Waals surface area contributed by atoms with Gasteiger partial charge in [0.15, 0.2) is 0 Å². The molecule has 106 valence electrons. The first-order valence-electron chi connectivity index (χ1n) is 6.09. The van der Waals surface area contributed by atoms with Crippen LogP contribution in [0.15, 0.2) is 34.8 Å². The topological polar surface area (TPSA) is 34.2 Å². The number of hydrogen-bond acceptors (Lipinski definition) is 3. The highest BCUT2D eigenvalue weighted by molar-refractivity contribution is 9.10. The Kier molecular flexibility index (Phi) is 5.66. The summed E-state index contributed by atoms with van der Waals surface area (Å²) in [6.07, 6.45) is 0. The summed E-state index contributed by atoms with van der Waals surface area (Å²) in [4.78, 5) is 4.39. The molecule has 0 aliphatic heterocycles. The Hall–Kier alpha value is -0.810.